The molecule has 0 aliphatic heterocycles. The molecule has 2 N–H and O–H groups in total. The summed E-state index contributed by atoms with van der Waals surface area (Å²) in [5, 5.41) is 5.78. The maximum atomic E-state index is 12.4. The number of rotatable bonds is 6. The van der Waals surface area contributed by atoms with Crippen molar-refractivity contribution >= 4 is 23.3 Å². The molecule has 0 aromatic heterocycles. The lowest BCUT2D eigenvalue weighted by Gasteiger charge is -2.25. The van der Waals surface area contributed by atoms with Gasteiger partial charge in [0, 0.05) is 30.4 Å². The molecule has 0 saturated heterocycles. The summed E-state index contributed by atoms with van der Waals surface area (Å²) in [6, 6.07) is 5.58. The van der Waals surface area contributed by atoms with Crippen molar-refractivity contribution < 1.29 is 9.59 Å². The lowest BCUT2D eigenvalue weighted by atomic mass is 10.1. The van der Waals surface area contributed by atoms with Crippen molar-refractivity contribution in [3.63, 3.8) is 0 Å². The number of anilines is 2. The van der Waals surface area contributed by atoms with E-state index in [-0.39, 0.29) is 23.9 Å². The standard InChI is InChI=1S/C18H29N3O2/c1-7-8-14(5)21(6)18(23)20-16-11-15(10-9-13(16)4)19-17(22)12(2)3/h9-12,14H,7-8H2,1-6H3,(H,19,22)(H,20,23)/t14-/m0/s1. The molecule has 0 heterocycles. The van der Waals surface area contributed by atoms with Gasteiger partial charge in [0.2, 0.25) is 5.91 Å². The molecule has 5 nitrogen and oxygen atoms in total. The Labute approximate surface area is 139 Å². The highest BCUT2D eigenvalue weighted by Crippen LogP contribution is 2.21. The number of amides is 3. The van der Waals surface area contributed by atoms with E-state index in [4.69, 9.17) is 0 Å². The van der Waals surface area contributed by atoms with Crippen LogP contribution in [0.3, 0.4) is 0 Å². The highest BCUT2D eigenvalue weighted by molar-refractivity contribution is 5.94. The van der Waals surface area contributed by atoms with Gasteiger partial charge in [-0.05, 0) is 38.0 Å². The van der Waals surface area contributed by atoms with Crippen molar-refractivity contribution in [2.24, 2.45) is 5.92 Å². The third-order valence-corrected chi connectivity index (χ3v) is 3.96. The Morgan fingerprint density at radius 3 is 2.39 bits per heavy atom. The minimum absolute atomic E-state index is 0.0418. The molecule has 0 radical (unpaired) electrons. The lowest BCUT2D eigenvalue weighted by molar-refractivity contribution is -0.118. The zero-order valence-electron chi connectivity index (χ0n) is 15.1. The number of nitrogens with one attached hydrogen (secondary N) is 2. The minimum atomic E-state index is -0.138. The first-order chi connectivity index (χ1) is 10.8. The zero-order chi connectivity index (χ0) is 17.6. The quantitative estimate of drug-likeness (QED) is 0.823. The van der Waals surface area contributed by atoms with Crippen LogP contribution in [0, 0.1) is 12.8 Å². The van der Waals surface area contributed by atoms with E-state index in [0.29, 0.717) is 11.4 Å². The molecular formula is C18H29N3O2. The van der Waals surface area contributed by atoms with Gasteiger partial charge in [0.1, 0.15) is 0 Å². The number of urea groups is 1. The Morgan fingerprint density at radius 1 is 1.17 bits per heavy atom. The molecule has 0 aliphatic carbocycles. The smallest absolute Gasteiger partial charge is 0.321 e. The lowest BCUT2D eigenvalue weighted by Crippen LogP contribution is -2.38. The fourth-order valence-electron chi connectivity index (χ4n) is 2.14. The van der Waals surface area contributed by atoms with E-state index in [9.17, 15) is 9.59 Å². The molecule has 1 rings (SSSR count). The van der Waals surface area contributed by atoms with Crippen molar-refractivity contribution in [1.29, 1.82) is 0 Å². The van der Waals surface area contributed by atoms with E-state index >= 15 is 0 Å². The zero-order valence-corrected chi connectivity index (χ0v) is 15.1. The summed E-state index contributed by atoms with van der Waals surface area (Å²) < 4.78 is 0. The van der Waals surface area contributed by atoms with Crippen LogP contribution in [0.2, 0.25) is 0 Å². The van der Waals surface area contributed by atoms with Crippen molar-refractivity contribution in [1.82, 2.24) is 4.90 Å². The molecular weight excluding hydrogens is 290 g/mol. The van der Waals surface area contributed by atoms with E-state index in [1.807, 2.05) is 39.8 Å². The number of benzene rings is 1. The molecule has 0 saturated carbocycles. The molecule has 1 aromatic carbocycles. The summed E-state index contributed by atoms with van der Waals surface area (Å²) in [5.74, 6) is -0.129. The van der Waals surface area contributed by atoms with Crippen LogP contribution in [0.1, 0.15) is 46.1 Å². The normalized spacial score (nSPS) is 12.0. The topological polar surface area (TPSA) is 61.4 Å². The third kappa shape index (κ3) is 5.58. The number of carbonyl (C=O) groups is 2. The van der Waals surface area contributed by atoms with Gasteiger partial charge in [-0.2, -0.15) is 0 Å². The van der Waals surface area contributed by atoms with Crippen molar-refractivity contribution in [2.45, 2.75) is 53.5 Å². The summed E-state index contributed by atoms with van der Waals surface area (Å²) in [5.41, 5.74) is 2.36. The second kappa shape index (κ2) is 8.56. The van der Waals surface area contributed by atoms with E-state index in [2.05, 4.69) is 17.6 Å². The van der Waals surface area contributed by atoms with Gasteiger partial charge in [0.15, 0.2) is 0 Å². The average Bonchev–Trinajstić information content (AvgIpc) is 2.49. The van der Waals surface area contributed by atoms with Crippen LogP contribution in [-0.4, -0.2) is 29.9 Å². The number of nitrogens with zero attached hydrogens (tertiary/aromatic N) is 1. The van der Waals surface area contributed by atoms with Gasteiger partial charge in [-0.3, -0.25) is 4.79 Å². The molecule has 0 bridgehead atoms. The molecule has 0 aliphatic rings. The van der Waals surface area contributed by atoms with Gasteiger partial charge in [0.05, 0.1) is 0 Å². The Hall–Kier alpha value is -2.04. The maximum absolute atomic E-state index is 12.4. The molecule has 1 aromatic rings. The van der Waals surface area contributed by atoms with Gasteiger partial charge < -0.3 is 15.5 Å². The number of hydrogen-bond acceptors (Lipinski definition) is 2. The summed E-state index contributed by atoms with van der Waals surface area (Å²) in [7, 11) is 1.80. The Morgan fingerprint density at radius 2 is 1.83 bits per heavy atom. The summed E-state index contributed by atoms with van der Waals surface area (Å²) >= 11 is 0. The van der Waals surface area contributed by atoms with Crippen LogP contribution in [-0.2, 0) is 4.79 Å². The van der Waals surface area contributed by atoms with Crippen LogP contribution < -0.4 is 10.6 Å². The van der Waals surface area contributed by atoms with E-state index < -0.39 is 0 Å². The molecule has 3 amide bonds. The van der Waals surface area contributed by atoms with Crippen molar-refractivity contribution in [3.05, 3.63) is 23.8 Å². The SMILES string of the molecule is CCC[C@H](C)N(C)C(=O)Nc1cc(NC(=O)C(C)C)ccc1C. The van der Waals surface area contributed by atoms with E-state index in [0.717, 1.165) is 18.4 Å². The first kappa shape index (κ1) is 19.0. The molecule has 5 heteroatoms. The van der Waals surface area contributed by atoms with Crippen LogP contribution in [0.25, 0.3) is 0 Å². The molecule has 128 valence electrons. The van der Waals surface area contributed by atoms with Crippen LogP contribution in [0.5, 0.6) is 0 Å². The van der Waals surface area contributed by atoms with E-state index in [1.165, 1.54) is 0 Å². The summed E-state index contributed by atoms with van der Waals surface area (Å²) in [6.07, 6.45) is 2.00. The third-order valence-electron chi connectivity index (χ3n) is 3.96. The van der Waals surface area contributed by atoms with Crippen molar-refractivity contribution in [2.75, 3.05) is 17.7 Å². The summed E-state index contributed by atoms with van der Waals surface area (Å²) in [6.45, 7) is 9.76. The van der Waals surface area contributed by atoms with Crippen molar-refractivity contribution in [3.8, 4) is 0 Å². The number of aryl methyl sites for hydroxylation is 1. The number of carbonyl (C=O) groups excluding carboxylic acids is 2. The van der Waals surface area contributed by atoms with Crippen LogP contribution in [0.15, 0.2) is 18.2 Å². The Balaban J connectivity index is 2.83. The first-order valence-corrected chi connectivity index (χ1v) is 8.21. The van der Waals surface area contributed by atoms with Crippen LogP contribution in [0.4, 0.5) is 16.2 Å². The van der Waals surface area contributed by atoms with Gasteiger partial charge in [0.25, 0.3) is 0 Å². The highest BCUT2D eigenvalue weighted by atomic mass is 16.2. The molecule has 23 heavy (non-hydrogen) atoms. The van der Waals surface area contributed by atoms with Gasteiger partial charge in [-0.1, -0.05) is 33.3 Å². The molecule has 0 spiro atoms. The Kier molecular flexibility index (Phi) is 7.07. The predicted molar refractivity (Wildman–Crippen MR) is 95.8 cm³/mol. The maximum Gasteiger partial charge on any atom is 0.321 e. The fourth-order valence-corrected chi connectivity index (χ4v) is 2.14. The molecule has 0 fully saturated rings. The predicted octanol–water partition coefficient (Wildman–Crippen LogP) is 4.24. The Bertz CT molecular complexity index is 555. The summed E-state index contributed by atoms with van der Waals surface area (Å²) in [4.78, 5) is 25.9. The molecule has 0 unspecified atom stereocenters. The second-order valence-corrected chi connectivity index (χ2v) is 6.35. The van der Waals surface area contributed by atoms with Gasteiger partial charge >= 0.3 is 6.03 Å². The second-order valence-electron chi connectivity index (χ2n) is 6.35. The van der Waals surface area contributed by atoms with Crippen LogP contribution >= 0.6 is 0 Å². The largest absolute Gasteiger partial charge is 0.326 e. The minimum Gasteiger partial charge on any atom is -0.326 e. The van der Waals surface area contributed by atoms with Gasteiger partial charge in [-0.25, -0.2) is 4.79 Å². The fraction of sp³-hybridized carbons (Fsp3) is 0.556. The highest BCUT2D eigenvalue weighted by Gasteiger charge is 2.16. The first-order valence-electron chi connectivity index (χ1n) is 8.21. The van der Waals surface area contributed by atoms with E-state index in [1.54, 1.807) is 18.0 Å². The number of hydrogen-bond donors (Lipinski definition) is 2. The average molecular weight is 319 g/mol. The molecule has 1 atom stereocenters. The monoisotopic (exact) mass is 319 g/mol. The van der Waals surface area contributed by atoms with Gasteiger partial charge in [-0.15, -0.1) is 0 Å².